The van der Waals surface area contributed by atoms with Gasteiger partial charge in [-0.1, -0.05) is 32.0 Å². The van der Waals surface area contributed by atoms with Gasteiger partial charge in [0.05, 0.1) is 25.6 Å². The van der Waals surface area contributed by atoms with Gasteiger partial charge in [-0.3, -0.25) is 4.79 Å². The van der Waals surface area contributed by atoms with Crippen LogP contribution in [0.5, 0.6) is 11.5 Å². The van der Waals surface area contributed by atoms with Gasteiger partial charge in [0, 0.05) is 18.8 Å². The van der Waals surface area contributed by atoms with E-state index in [4.69, 9.17) is 9.47 Å². The molecule has 1 N–H and O–H groups in total. The van der Waals surface area contributed by atoms with Gasteiger partial charge in [-0.2, -0.15) is 9.40 Å². The minimum Gasteiger partial charge on any atom is -0.493 e. The van der Waals surface area contributed by atoms with Crippen molar-refractivity contribution in [2.24, 2.45) is 0 Å². The molecule has 3 aromatic rings. The molecule has 1 amide bonds. The third-order valence-electron chi connectivity index (χ3n) is 4.96. The highest BCUT2D eigenvalue weighted by Crippen LogP contribution is 2.30. The summed E-state index contributed by atoms with van der Waals surface area (Å²) in [6.07, 6.45) is 1.61. The van der Waals surface area contributed by atoms with Gasteiger partial charge in [0.2, 0.25) is 10.0 Å². The number of carbonyl (C=O) groups excluding carboxylic acids is 1. The quantitative estimate of drug-likeness (QED) is 0.484. The average Bonchev–Trinajstić information content (AvgIpc) is 3.26. The molecular weight excluding hydrogens is 444 g/mol. The van der Waals surface area contributed by atoms with Crippen LogP contribution in [-0.2, 0) is 10.0 Å². The van der Waals surface area contributed by atoms with Crippen molar-refractivity contribution in [3.63, 3.8) is 0 Å². The molecule has 9 nitrogen and oxygen atoms in total. The molecule has 10 heteroatoms. The molecule has 0 radical (unpaired) electrons. The van der Waals surface area contributed by atoms with E-state index < -0.39 is 15.9 Å². The van der Waals surface area contributed by atoms with Crippen LogP contribution in [0.3, 0.4) is 0 Å². The summed E-state index contributed by atoms with van der Waals surface area (Å²) in [5, 5.41) is 7.07. The van der Waals surface area contributed by atoms with E-state index in [1.807, 2.05) is 30.3 Å². The predicted molar refractivity (Wildman–Crippen MR) is 126 cm³/mol. The fourth-order valence-electron chi connectivity index (χ4n) is 3.33. The largest absolute Gasteiger partial charge is 0.493 e. The van der Waals surface area contributed by atoms with Gasteiger partial charge < -0.3 is 14.8 Å². The molecule has 3 rings (SSSR count). The zero-order chi connectivity index (χ0) is 24.0. The fourth-order valence-corrected chi connectivity index (χ4v) is 4.95. The van der Waals surface area contributed by atoms with Gasteiger partial charge in [-0.15, -0.1) is 0 Å². The summed E-state index contributed by atoms with van der Waals surface area (Å²) >= 11 is 0. The van der Waals surface area contributed by atoms with Crippen LogP contribution in [0.15, 0.2) is 59.6 Å². The number of rotatable bonds is 10. The number of amides is 1. The third kappa shape index (κ3) is 5.18. The molecule has 0 bridgehead atoms. The number of methoxy groups -OCH3 is 1. The second-order valence-corrected chi connectivity index (χ2v) is 8.87. The Hall–Kier alpha value is -3.37. The second kappa shape index (κ2) is 10.5. The molecule has 0 fully saturated rings. The standard InChI is InChI=1S/C23H28N4O5S/c1-5-26(6-2)33(29,30)21-15-17(13-14-19(21)32-7-3)24-23(28)22-20(31-4)16-27(25-22)18-11-9-8-10-12-18/h8-16H,5-7H2,1-4H3,(H,24,28). The van der Waals surface area contributed by atoms with Crippen LogP contribution < -0.4 is 14.8 Å². The molecule has 176 valence electrons. The van der Waals surface area contributed by atoms with Crippen LogP contribution in [0.1, 0.15) is 31.3 Å². The van der Waals surface area contributed by atoms with Gasteiger partial charge in [-0.05, 0) is 37.3 Å². The number of nitrogens with zero attached hydrogens (tertiary/aromatic N) is 3. The van der Waals surface area contributed by atoms with Crippen molar-refractivity contribution in [2.75, 3.05) is 32.1 Å². The molecule has 1 heterocycles. The first-order chi connectivity index (χ1) is 15.8. The highest BCUT2D eigenvalue weighted by atomic mass is 32.2. The number of aromatic nitrogens is 2. The Bertz CT molecular complexity index is 1200. The third-order valence-corrected chi connectivity index (χ3v) is 7.03. The lowest BCUT2D eigenvalue weighted by atomic mass is 10.3. The average molecular weight is 473 g/mol. The first-order valence-corrected chi connectivity index (χ1v) is 12.1. The minimum atomic E-state index is -3.81. The normalized spacial score (nSPS) is 11.4. The van der Waals surface area contributed by atoms with Crippen molar-refractivity contribution in [2.45, 2.75) is 25.7 Å². The van der Waals surface area contributed by atoms with Gasteiger partial charge in [0.1, 0.15) is 10.6 Å². The van der Waals surface area contributed by atoms with Gasteiger partial charge >= 0.3 is 0 Å². The number of para-hydroxylation sites is 1. The molecule has 0 aliphatic heterocycles. The summed E-state index contributed by atoms with van der Waals surface area (Å²) in [5.74, 6) is -0.0107. The summed E-state index contributed by atoms with van der Waals surface area (Å²) in [6, 6.07) is 13.8. The maximum Gasteiger partial charge on any atom is 0.280 e. The summed E-state index contributed by atoms with van der Waals surface area (Å²) in [6.45, 7) is 6.24. The molecule has 33 heavy (non-hydrogen) atoms. The van der Waals surface area contributed by atoms with E-state index in [-0.39, 0.29) is 16.3 Å². The zero-order valence-corrected chi connectivity index (χ0v) is 19.9. The molecule has 0 saturated heterocycles. The van der Waals surface area contributed by atoms with E-state index in [2.05, 4.69) is 10.4 Å². The van der Waals surface area contributed by atoms with E-state index in [0.717, 1.165) is 5.69 Å². The Morgan fingerprint density at radius 1 is 1.06 bits per heavy atom. The predicted octanol–water partition coefficient (Wildman–Crippen LogP) is 3.56. The number of benzene rings is 2. The van der Waals surface area contributed by atoms with Crippen molar-refractivity contribution in [1.82, 2.24) is 14.1 Å². The molecule has 2 aromatic carbocycles. The monoisotopic (exact) mass is 472 g/mol. The SMILES string of the molecule is CCOc1ccc(NC(=O)c2nn(-c3ccccc3)cc2OC)cc1S(=O)(=O)N(CC)CC. The number of anilines is 1. The first-order valence-electron chi connectivity index (χ1n) is 10.6. The molecule has 0 atom stereocenters. The highest BCUT2D eigenvalue weighted by molar-refractivity contribution is 7.89. The van der Waals surface area contributed by atoms with Crippen molar-refractivity contribution >= 4 is 21.6 Å². The Labute approximate surface area is 194 Å². The van der Waals surface area contributed by atoms with E-state index in [1.54, 1.807) is 37.7 Å². The summed E-state index contributed by atoms with van der Waals surface area (Å²) in [4.78, 5) is 13.0. The Balaban J connectivity index is 1.95. The smallest absolute Gasteiger partial charge is 0.280 e. The molecular formula is C23H28N4O5S. The summed E-state index contributed by atoms with van der Waals surface area (Å²) in [5.41, 5.74) is 1.14. The lowest BCUT2D eigenvalue weighted by molar-refractivity contribution is 0.101. The van der Waals surface area contributed by atoms with Crippen LogP contribution in [0.25, 0.3) is 5.69 Å². The fraction of sp³-hybridized carbons (Fsp3) is 0.304. The number of nitrogens with one attached hydrogen (secondary N) is 1. The van der Waals surface area contributed by atoms with E-state index in [1.165, 1.54) is 23.5 Å². The van der Waals surface area contributed by atoms with E-state index >= 15 is 0 Å². The maximum absolute atomic E-state index is 13.2. The number of ether oxygens (including phenoxy) is 2. The Morgan fingerprint density at radius 3 is 2.36 bits per heavy atom. The molecule has 0 spiro atoms. The van der Waals surface area contributed by atoms with Crippen molar-refractivity contribution in [1.29, 1.82) is 0 Å². The van der Waals surface area contributed by atoms with Crippen LogP contribution in [0.4, 0.5) is 5.69 Å². The highest BCUT2D eigenvalue weighted by Gasteiger charge is 2.27. The van der Waals surface area contributed by atoms with Crippen molar-refractivity contribution in [3.05, 3.63) is 60.4 Å². The van der Waals surface area contributed by atoms with Crippen LogP contribution in [-0.4, -0.2) is 55.2 Å². The number of hydrogen-bond donors (Lipinski definition) is 1. The van der Waals surface area contributed by atoms with Crippen LogP contribution in [0.2, 0.25) is 0 Å². The zero-order valence-electron chi connectivity index (χ0n) is 19.1. The maximum atomic E-state index is 13.2. The number of sulfonamides is 1. The molecule has 0 unspecified atom stereocenters. The van der Waals surface area contributed by atoms with Gasteiger partial charge in [-0.25, -0.2) is 13.1 Å². The van der Waals surface area contributed by atoms with E-state index in [9.17, 15) is 13.2 Å². The lowest BCUT2D eigenvalue weighted by Crippen LogP contribution is -2.31. The number of hydrogen-bond acceptors (Lipinski definition) is 6. The number of carbonyl (C=O) groups is 1. The van der Waals surface area contributed by atoms with Crippen LogP contribution in [0, 0.1) is 0 Å². The minimum absolute atomic E-state index is 0.00682. The molecule has 0 aliphatic rings. The van der Waals surface area contributed by atoms with Gasteiger partial charge in [0.15, 0.2) is 11.4 Å². The lowest BCUT2D eigenvalue weighted by Gasteiger charge is -2.21. The first kappa shape index (κ1) is 24.3. The van der Waals surface area contributed by atoms with Gasteiger partial charge in [0.25, 0.3) is 5.91 Å². The summed E-state index contributed by atoms with van der Waals surface area (Å²) < 4.78 is 40.1. The molecule has 1 aromatic heterocycles. The second-order valence-electron chi connectivity index (χ2n) is 6.96. The van der Waals surface area contributed by atoms with Crippen molar-refractivity contribution < 1.29 is 22.7 Å². The Kier molecular flexibility index (Phi) is 7.72. The van der Waals surface area contributed by atoms with Crippen LogP contribution >= 0.6 is 0 Å². The van der Waals surface area contributed by atoms with Crippen molar-refractivity contribution in [3.8, 4) is 17.2 Å². The summed E-state index contributed by atoms with van der Waals surface area (Å²) in [7, 11) is -2.36. The molecule has 0 aliphatic carbocycles. The molecule has 0 saturated carbocycles. The van der Waals surface area contributed by atoms with E-state index in [0.29, 0.717) is 31.1 Å². The topological polar surface area (TPSA) is 103 Å². The Morgan fingerprint density at radius 2 is 1.76 bits per heavy atom.